The van der Waals surface area contributed by atoms with Crippen molar-refractivity contribution in [1.82, 2.24) is 4.98 Å². The average molecular weight is 229 g/mol. The zero-order valence-electron chi connectivity index (χ0n) is 9.97. The Kier molecular flexibility index (Phi) is 3.40. The highest BCUT2D eigenvalue weighted by molar-refractivity contribution is 5.61. The van der Waals surface area contributed by atoms with Gasteiger partial charge in [-0.25, -0.2) is 0 Å². The molecule has 88 valence electrons. The number of hydrogen-bond acceptors (Lipinski definition) is 3. The Labute approximate surface area is 101 Å². The SMILES string of the molecule is COc1ccc(-c2ccc(CO)c(C)c2)nc1. The van der Waals surface area contributed by atoms with Crippen LogP contribution in [-0.2, 0) is 6.61 Å². The molecule has 2 aromatic rings. The summed E-state index contributed by atoms with van der Waals surface area (Å²) in [6.07, 6.45) is 1.70. The second kappa shape index (κ2) is 4.97. The summed E-state index contributed by atoms with van der Waals surface area (Å²) in [6.45, 7) is 2.06. The fraction of sp³-hybridized carbons (Fsp3) is 0.214. The van der Waals surface area contributed by atoms with Gasteiger partial charge in [0.1, 0.15) is 5.75 Å². The van der Waals surface area contributed by atoms with Crippen LogP contribution in [0.1, 0.15) is 11.1 Å². The van der Waals surface area contributed by atoms with Crippen molar-refractivity contribution in [3.8, 4) is 17.0 Å². The highest BCUT2D eigenvalue weighted by Gasteiger charge is 2.03. The lowest BCUT2D eigenvalue weighted by atomic mass is 10.0. The first-order valence-electron chi connectivity index (χ1n) is 5.45. The van der Waals surface area contributed by atoms with Crippen molar-refractivity contribution in [2.45, 2.75) is 13.5 Å². The van der Waals surface area contributed by atoms with Crippen LogP contribution in [0, 0.1) is 6.92 Å². The average Bonchev–Trinajstić information content (AvgIpc) is 2.39. The van der Waals surface area contributed by atoms with E-state index in [-0.39, 0.29) is 6.61 Å². The van der Waals surface area contributed by atoms with E-state index in [4.69, 9.17) is 9.84 Å². The highest BCUT2D eigenvalue weighted by Crippen LogP contribution is 2.22. The van der Waals surface area contributed by atoms with Crippen LogP contribution in [0.5, 0.6) is 5.75 Å². The maximum absolute atomic E-state index is 9.12. The molecule has 0 aliphatic carbocycles. The van der Waals surface area contributed by atoms with Gasteiger partial charge in [0.2, 0.25) is 0 Å². The largest absolute Gasteiger partial charge is 0.495 e. The Morgan fingerprint density at radius 1 is 1.24 bits per heavy atom. The molecule has 0 spiro atoms. The van der Waals surface area contributed by atoms with Crippen molar-refractivity contribution in [2.24, 2.45) is 0 Å². The van der Waals surface area contributed by atoms with Gasteiger partial charge in [-0.1, -0.05) is 12.1 Å². The second-order valence-electron chi connectivity index (χ2n) is 3.88. The van der Waals surface area contributed by atoms with Crippen LogP contribution in [0.3, 0.4) is 0 Å². The zero-order chi connectivity index (χ0) is 12.3. The van der Waals surface area contributed by atoms with Gasteiger partial charge in [-0.15, -0.1) is 0 Å². The van der Waals surface area contributed by atoms with Crippen LogP contribution in [0.15, 0.2) is 36.5 Å². The number of aromatic nitrogens is 1. The van der Waals surface area contributed by atoms with Crippen molar-refractivity contribution in [3.63, 3.8) is 0 Å². The minimum absolute atomic E-state index is 0.0716. The molecule has 0 amide bonds. The second-order valence-corrected chi connectivity index (χ2v) is 3.88. The van der Waals surface area contributed by atoms with E-state index in [1.807, 2.05) is 37.3 Å². The van der Waals surface area contributed by atoms with Gasteiger partial charge in [0.05, 0.1) is 25.6 Å². The number of hydrogen-bond donors (Lipinski definition) is 1. The van der Waals surface area contributed by atoms with E-state index in [1.54, 1.807) is 13.3 Å². The number of methoxy groups -OCH3 is 1. The molecular weight excluding hydrogens is 214 g/mol. The van der Waals surface area contributed by atoms with Gasteiger partial charge in [-0.3, -0.25) is 4.98 Å². The van der Waals surface area contributed by atoms with Crippen LogP contribution in [0.25, 0.3) is 11.3 Å². The molecule has 0 aliphatic heterocycles. The van der Waals surface area contributed by atoms with Crippen molar-refractivity contribution in [2.75, 3.05) is 7.11 Å². The molecule has 1 aromatic heterocycles. The van der Waals surface area contributed by atoms with E-state index >= 15 is 0 Å². The predicted molar refractivity (Wildman–Crippen MR) is 66.9 cm³/mol. The molecule has 0 aliphatic rings. The first kappa shape index (κ1) is 11.6. The molecule has 1 aromatic carbocycles. The van der Waals surface area contributed by atoms with E-state index < -0.39 is 0 Å². The van der Waals surface area contributed by atoms with E-state index in [0.717, 1.165) is 28.1 Å². The minimum Gasteiger partial charge on any atom is -0.495 e. The smallest absolute Gasteiger partial charge is 0.137 e. The lowest BCUT2D eigenvalue weighted by Gasteiger charge is -2.06. The number of aryl methyl sites for hydroxylation is 1. The van der Waals surface area contributed by atoms with E-state index in [2.05, 4.69) is 4.98 Å². The standard InChI is InChI=1S/C14H15NO2/c1-10-7-11(3-4-12(10)9-16)14-6-5-13(17-2)8-15-14/h3-8,16H,9H2,1-2H3. The third kappa shape index (κ3) is 2.45. The van der Waals surface area contributed by atoms with Gasteiger partial charge in [0.25, 0.3) is 0 Å². The molecule has 3 heteroatoms. The Bertz CT molecular complexity index is 506. The van der Waals surface area contributed by atoms with E-state index in [1.165, 1.54) is 0 Å². The topological polar surface area (TPSA) is 42.4 Å². The number of pyridine rings is 1. The number of aliphatic hydroxyl groups is 1. The Morgan fingerprint density at radius 3 is 2.59 bits per heavy atom. The molecule has 0 unspecified atom stereocenters. The zero-order valence-corrected chi connectivity index (χ0v) is 9.97. The molecule has 3 nitrogen and oxygen atoms in total. The Hall–Kier alpha value is -1.87. The van der Waals surface area contributed by atoms with Crippen LogP contribution in [-0.4, -0.2) is 17.2 Å². The van der Waals surface area contributed by atoms with Crippen LogP contribution in [0.4, 0.5) is 0 Å². The van der Waals surface area contributed by atoms with Gasteiger partial charge in [0.15, 0.2) is 0 Å². The van der Waals surface area contributed by atoms with Crippen LogP contribution in [0.2, 0.25) is 0 Å². The van der Waals surface area contributed by atoms with Crippen molar-refractivity contribution in [1.29, 1.82) is 0 Å². The van der Waals surface area contributed by atoms with E-state index in [0.29, 0.717) is 0 Å². The summed E-state index contributed by atoms with van der Waals surface area (Å²) < 4.78 is 5.07. The quantitative estimate of drug-likeness (QED) is 0.879. The number of ether oxygens (including phenoxy) is 1. The number of rotatable bonds is 3. The fourth-order valence-electron chi connectivity index (χ4n) is 1.70. The highest BCUT2D eigenvalue weighted by atomic mass is 16.5. The minimum atomic E-state index is 0.0716. The van der Waals surface area contributed by atoms with Gasteiger partial charge in [0, 0.05) is 5.56 Å². The first-order chi connectivity index (χ1) is 8.24. The lowest BCUT2D eigenvalue weighted by Crippen LogP contribution is -1.91. The molecule has 1 N–H and O–H groups in total. The summed E-state index contributed by atoms with van der Waals surface area (Å²) in [5.41, 5.74) is 3.96. The Balaban J connectivity index is 2.35. The number of nitrogens with zero attached hydrogens (tertiary/aromatic N) is 1. The van der Waals surface area contributed by atoms with E-state index in [9.17, 15) is 0 Å². The number of benzene rings is 1. The first-order valence-corrected chi connectivity index (χ1v) is 5.45. The molecule has 0 fully saturated rings. The third-order valence-corrected chi connectivity index (χ3v) is 2.78. The summed E-state index contributed by atoms with van der Waals surface area (Å²) in [4.78, 5) is 4.33. The van der Waals surface area contributed by atoms with Gasteiger partial charge in [-0.05, 0) is 36.2 Å². The normalized spacial score (nSPS) is 10.3. The molecule has 0 saturated carbocycles. The van der Waals surface area contributed by atoms with Crippen LogP contribution < -0.4 is 4.74 Å². The molecule has 0 saturated heterocycles. The van der Waals surface area contributed by atoms with Crippen molar-refractivity contribution < 1.29 is 9.84 Å². The van der Waals surface area contributed by atoms with Gasteiger partial charge < -0.3 is 9.84 Å². The third-order valence-electron chi connectivity index (χ3n) is 2.78. The van der Waals surface area contributed by atoms with Crippen molar-refractivity contribution >= 4 is 0 Å². The number of aliphatic hydroxyl groups excluding tert-OH is 1. The molecule has 0 bridgehead atoms. The summed E-state index contributed by atoms with van der Waals surface area (Å²) >= 11 is 0. The van der Waals surface area contributed by atoms with Crippen molar-refractivity contribution in [3.05, 3.63) is 47.7 Å². The Morgan fingerprint density at radius 2 is 2.06 bits per heavy atom. The fourth-order valence-corrected chi connectivity index (χ4v) is 1.70. The monoisotopic (exact) mass is 229 g/mol. The summed E-state index contributed by atoms with van der Waals surface area (Å²) in [5, 5.41) is 9.12. The molecular formula is C14H15NO2. The van der Waals surface area contributed by atoms with Gasteiger partial charge >= 0.3 is 0 Å². The van der Waals surface area contributed by atoms with Gasteiger partial charge in [-0.2, -0.15) is 0 Å². The molecule has 0 radical (unpaired) electrons. The maximum Gasteiger partial charge on any atom is 0.137 e. The maximum atomic E-state index is 9.12. The van der Waals surface area contributed by atoms with Crippen LogP contribution >= 0.6 is 0 Å². The summed E-state index contributed by atoms with van der Waals surface area (Å²) in [6, 6.07) is 9.73. The molecule has 2 rings (SSSR count). The summed E-state index contributed by atoms with van der Waals surface area (Å²) in [5.74, 6) is 0.748. The molecule has 1 heterocycles. The lowest BCUT2D eigenvalue weighted by molar-refractivity contribution is 0.281. The summed E-state index contributed by atoms with van der Waals surface area (Å²) in [7, 11) is 1.62. The predicted octanol–water partition coefficient (Wildman–Crippen LogP) is 2.56. The molecule has 0 atom stereocenters. The molecule has 17 heavy (non-hydrogen) atoms.